The van der Waals surface area contributed by atoms with Crippen LogP contribution in [0.15, 0.2) is 0 Å². The van der Waals surface area contributed by atoms with Gasteiger partial charge < -0.3 is 16.2 Å². The molecule has 3 rings (SSSR count). The average Bonchev–Trinajstić information content (AvgIpc) is 2.05. The van der Waals surface area contributed by atoms with Crippen LogP contribution in [0, 0.1) is 5.41 Å². The molecule has 0 aliphatic heterocycles. The number of amides is 1. The van der Waals surface area contributed by atoms with Crippen LogP contribution in [0.25, 0.3) is 0 Å². The van der Waals surface area contributed by atoms with E-state index in [9.17, 15) is 4.79 Å². The Morgan fingerprint density at radius 3 is 2.47 bits per heavy atom. The Kier molecular flexibility index (Phi) is 2.63. The summed E-state index contributed by atoms with van der Waals surface area (Å²) in [7, 11) is 0. The highest BCUT2D eigenvalue weighted by molar-refractivity contribution is 5.64. The second-order valence-electron chi connectivity index (χ2n) is 5.44. The van der Waals surface area contributed by atoms with E-state index in [2.05, 4.69) is 5.32 Å². The summed E-state index contributed by atoms with van der Waals surface area (Å²) in [6, 6.07) is 0. The summed E-state index contributed by atoms with van der Waals surface area (Å²) in [6.07, 6.45) is 7.36. The molecule has 4 nitrogen and oxygen atoms in total. The number of nitrogens with one attached hydrogen (secondary N) is 1. The zero-order valence-corrected chi connectivity index (χ0v) is 9.09. The normalized spacial score (nSPS) is 36.6. The van der Waals surface area contributed by atoms with E-state index in [1.807, 2.05) is 0 Å². The van der Waals surface area contributed by atoms with Gasteiger partial charge in [-0.25, -0.2) is 4.79 Å². The largest absolute Gasteiger partial charge is 0.465 e. The van der Waals surface area contributed by atoms with Crippen LogP contribution in [0.4, 0.5) is 4.79 Å². The third-order valence-corrected chi connectivity index (χ3v) is 3.84. The Bertz CT molecular complexity index is 246. The lowest BCUT2D eigenvalue weighted by molar-refractivity contribution is -0.137. The lowest BCUT2D eigenvalue weighted by Gasteiger charge is -2.69. The van der Waals surface area contributed by atoms with Crippen molar-refractivity contribution in [3.63, 3.8) is 0 Å². The fourth-order valence-electron chi connectivity index (χ4n) is 3.35. The first-order chi connectivity index (χ1) is 7.04. The molecule has 86 valence electrons. The summed E-state index contributed by atoms with van der Waals surface area (Å²) < 4.78 is 0. The molecule has 0 atom stereocenters. The summed E-state index contributed by atoms with van der Waals surface area (Å²) in [5, 5.41) is 10.7. The van der Waals surface area contributed by atoms with Crippen LogP contribution in [0.1, 0.15) is 44.9 Å². The fourth-order valence-corrected chi connectivity index (χ4v) is 3.35. The molecule has 0 unspecified atom stereocenters. The van der Waals surface area contributed by atoms with E-state index in [1.165, 1.54) is 32.1 Å². The van der Waals surface area contributed by atoms with Gasteiger partial charge in [0, 0.05) is 12.1 Å². The van der Waals surface area contributed by atoms with Crippen molar-refractivity contribution in [3.8, 4) is 0 Å². The van der Waals surface area contributed by atoms with E-state index < -0.39 is 6.09 Å². The zero-order chi connectivity index (χ0) is 10.9. The number of hydrogen-bond donors (Lipinski definition) is 3. The van der Waals surface area contributed by atoms with Crippen LogP contribution < -0.4 is 11.1 Å². The van der Waals surface area contributed by atoms with Gasteiger partial charge in [0.15, 0.2) is 0 Å². The summed E-state index contributed by atoms with van der Waals surface area (Å²) in [4.78, 5) is 10.2. The van der Waals surface area contributed by atoms with Crippen LogP contribution in [0.5, 0.6) is 0 Å². The third kappa shape index (κ3) is 2.25. The molecular formula is C11H20N2O2. The van der Waals surface area contributed by atoms with E-state index >= 15 is 0 Å². The SMILES string of the molecule is NC12CC(CCCCCNC(=O)O)(C1)C2. The van der Waals surface area contributed by atoms with Gasteiger partial charge in [-0.1, -0.05) is 12.8 Å². The Balaban J connectivity index is 1.45. The van der Waals surface area contributed by atoms with Crippen molar-refractivity contribution in [1.82, 2.24) is 5.32 Å². The van der Waals surface area contributed by atoms with Crippen molar-refractivity contribution in [2.75, 3.05) is 6.54 Å². The lowest BCUT2D eigenvalue weighted by Crippen LogP contribution is -2.71. The maximum atomic E-state index is 10.2. The summed E-state index contributed by atoms with van der Waals surface area (Å²) in [5.41, 5.74) is 6.82. The van der Waals surface area contributed by atoms with E-state index in [4.69, 9.17) is 10.8 Å². The molecule has 1 amide bonds. The van der Waals surface area contributed by atoms with E-state index in [-0.39, 0.29) is 5.54 Å². The number of rotatable bonds is 6. The Morgan fingerprint density at radius 2 is 1.93 bits per heavy atom. The standard InChI is InChI=1S/C11H20N2O2/c12-11-6-10(7-11,8-11)4-2-1-3-5-13-9(14)15/h13H,1-8,12H2,(H,14,15). The zero-order valence-electron chi connectivity index (χ0n) is 9.09. The van der Waals surface area contributed by atoms with Crippen molar-refractivity contribution >= 4 is 6.09 Å². The maximum Gasteiger partial charge on any atom is 0.404 e. The van der Waals surface area contributed by atoms with Gasteiger partial charge in [-0.2, -0.15) is 0 Å². The van der Waals surface area contributed by atoms with Crippen LogP contribution >= 0.6 is 0 Å². The first kappa shape index (κ1) is 10.7. The van der Waals surface area contributed by atoms with Crippen molar-refractivity contribution in [2.24, 2.45) is 11.1 Å². The molecule has 0 heterocycles. The molecule has 0 spiro atoms. The first-order valence-electron chi connectivity index (χ1n) is 5.79. The molecule has 4 heteroatoms. The molecule has 3 aliphatic rings. The second kappa shape index (κ2) is 3.67. The summed E-state index contributed by atoms with van der Waals surface area (Å²) in [6.45, 7) is 0.586. The van der Waals surface area contributed by atoms with Crippen LogP contribution in [0.3, 0.4) is 0 Å². The van der Waals surface area contributed by atoms with Gasteiger partial charge in [0.25, 0.3) is 0 Å². The molecule has 0 saturated heterocycles. The van der Waals surface area contributed by atoms with E-state index in [0.29, 0.717) is 12.0 Å². The molecule has 3 saturated carbocycles. The monoisotopic (exact) mass is 212 g/mol. The van der Waals surface area contributed by atoms with Gasteiger partial charge in [0.05, 0.1) is 0 Å². The second-order valence-corrected chi connectivity index (χ2v) is 5.44. The molecule has 0 aromatic rings. The molecule has 0 aromatic heterocycles. The van der Waals surface area contributed by atoms with E-state index in [0.717, 1.165) is 12.8 Å². The first-order valence-corrected chi connectivity index (χ1v) is 5.79. The van der Waals surface area contributed by atoms with Crippen molar-refractivity contribution in [3.05, 3.63) is 0 Å². The molecule has 2 bridgehead atoms. The highest BCUT2D eigenvalue weighted by Crippen LogP contribution is 2.68. The third-order valence-electron chi connectivity index (χ3n) is 3.84. The summed E-state index contributed by atoms with van der Waals surface area (Å²) in [5.74, 6) is 0. The fraction of sp³-hybridized carbons (Fsp3) is 0.909. The summed E-state index contributed by atoms with van der Waals surface area (Å²) >= 11 is 0. The molecule has 4 N–H and O–H groups in total. The molecule has 3 aliphatic carbocycles. The molecule has 15 heavy (non-hydrogen) atoms. The molecular weight excluding hydrogens is 192 g/mol. The van der Waals surface area contributed by atoms with Crippen molar-refractivity contribution in [2.45, 2.75) is 50.5 Å². The Labute approximate surface area is 90.2 Å². The average molecular weight is 212 g/mol. The highest BCUT2D eigenvalue weighted by atomic mass is 16.4. The van der Waals surface area contributed by atoms with Gasteiger partial charge in [-0.05, 0) is 37.5 Å². The number of hydrogen-bond acceptors (Lipinski definition) is 2. The molecule has 3 fully saturated rings. The predicted octanol–water partition coefficient (Wildman–Crippen LogP) is 1.70. The van der Waals surface area contributed by atoms with Crippen LogP contribution in [0.2, 0.25) is 0 Å². The number of carbonyl (C=O) groups is 1. The molecule has 0 radical (unpaired) electrons. The minimum absolute atomic E-state index is 0.227. The molecule has 0 aromatic carbocycles. The minimum atomic E-state index is -0.917. The van der Waals surface area contributed by atoms with E-state index in [1.54, 1.807) is 0 Å². The van der Waals surface area contributed by atoms with Gasteiger partial charge in [0.2, 0.25) is 0 Å². The van der Waals surface area contributed by atoms with Gasteiger partial charge in [-0.15, -0.1) is 0 Å². The van der Waals surface area contributed by atoms with Crippen LogP contribution in [-0.2, 0) is 0 Å². The number of unbranched alkanes of at least 4 members (excludes halogenated alkanes) is 2. The smallest absolute Gasteiger partial charge is 0.404 e. The van der Waals surface area contributed by atoms with Gasteiger partial charge >= 0.3 is 6.09 Å². The van der Waals surface area contributed by atoms with Gasteiger partial charge in [0.1, 0.15) is 0 Å². The Morgan fingerprint density at radius 1 is 1.27 bits per heavy atom. The Hall–Kier alpha value is -0.770. The predicted molar refractivity (Wildman–Crippen MR) is 57.7 cm³/mol. The van der Waals surface area contributed by atoms with Crippen LogP contribution in [-0.4, -0.2) is 23.3 Å². The number of carboxylic acid groups (broad SMARTS) is 1. The van der Waals surface area contributed by atoms with Crippen molar-refractivity contribution < 1.29 is 9.90 Å². The maximum absolute atomic E-state index is 10.2. The minimum Gasteiger partial charge on any atom is -0.465 e. The quantitative estimate of drug-likeness (QED) is 0.586. The topological polar surface area (TPSA) is 75.3 Å². The highest BCUT2D eigenvalue weighted by Gasteiger charge is 2.64. The lowest BCUT2D eigenvalue weighted by atomic mass is 9.38. The number of nitrogens with two attached hydrogens (primary N) is 1. The van der Waals surface area contributed by atoms with Crippen molar-refractivity contribution in [1.29, 1.82) is 0 Å². The van der Waals surface area contributed by atoms with Gasteiger partial charge in [-0.3, -0.25) is 0 Å².